The van der Waals surface area contributed by atoms with E-state index in [-0.39, 0.29) is 42.0 Å². The van der Waals surface area contributed by atoms with Crippen molar-refractivity contribution in [3.8, 4) is 5.75 Å². The van der Waals surface area contributed by atoms with Gasteiger partial charge in [0, 0.05) is 25.6 Å². The van der Waals surface area contributed by atoms with E-state index in [1.165, 1.54) is 25.0 Å². The third-order valence-corrected chi connectivity index (χ3v) is 7.92. The average molecular weight is 532 g/mol. The van der Waals surface area contributed by atoms with Crippen LogP contribution in [0, 0.1) is 11.7 Å². The second-order valence-corrected chi connectivity index (χ2v) is 10.7. The Hall–Kier alpha value is -3.65. The van der Waals surface area contributed by atoms with Crippen LogP contribution in [0.3, 0.4) is 0 Å². The molecule has 39 heavy (non-hydrogen) atoms. The predicted molar refractivity (Wildman–Crippen MR) is 144 cm³/mol. The molecule has 3 aromatic rings. The number of nitrogens with one attached hydrogen (secondary N) is 1. The first-order valence-electron chi connectivity index (χ1n) is 14.0. The minimum atomic E-state index is -0.301. The molecule has 1 atom stereocenters. The number of hydrogen-bond acceptors (Lipinski definition) is 5. The highest BCUT2D eigenvalue weighted by Crippen LogP contribution is 2.41. The quantitative estimate of drug-likeness (QED) is 0.433. The molecular formula is C31H34FN3O4. The van der Waals surface area contributed by atoms with Gasteiger partial charge in [0.05, 0.1) is 6.04 Å². The molecule has 2 aromatic carbocycles. The summed E-state index contributed by atoms with van der Waals surface area (Å²) >= 11 is 0. The van der Waals surface area contributed by atoms with Crippen LogP contribution in [0.1, 0.15) is 64.7 Å². The standard InChI is InChI=1S/C31H34FN3O4/c32-24-8-5-22(6-9-24)29-27-19-25(10-7-21(27)13-17-35(29)31(37)23-3-4-23)38-20-26-11-12-28(39-26)30(36)33-14-18-34-15-1-2-16-34/h5-12,19,23,29H,1-4,13-18,20H2,(H,33,36)/t29-/m1/s1. The van der Waals surface area contributed by atoms with Gasteiger partial charge in [-0.05, 0) is 98.3 Å². The minimum absolute atomic E-state index is 0.0968. The molecule has 0 bridgehead atoms. The maximum Gasteiger partial charge on any atom is 0.287 e. The number of amides is 2. The summed E-state index contributed by atoms with van der Waals surface area (Å²) < 4.78 is 25.5. The van der Waals surface area contributed by atoms with Crippen LogP contribution < -0.4 is 10.1 Å². The second-order valence-electron chi connectivity index (χ2n) is 10.7. The molecule has 0 radical (unpaired) electrons. The number of likely N-dealkylation sites (tertiary alicyclic amines) is 1. The van der Waals surface area contributed by atoms with Gasteiger partial charge < -0.3 is 24.3 Å². The number of nitrogens with zero attached hydrogens (tertiary/aromatic N) is 2. The normalized spacial score (nSPS) is 19.1. The molecule has 1 saturated carbocycles. The summed E-state index contributed by atoms with van der Waals surface area (Å²) in [5, 5.41) is 2.93. The summed E-state index contributed by atoms with van der Waals surface area (Å²) in [7, 11) is 0. The van der Waals surface area contributed by atoms with Gasteiger partial charge in [-0.3, -0.25) is 9.59 Å². The van der Waals surface area contributed by atoms with Crippen molar-refractivity contribution < 1.29 is 23.1 Å². The fourth-order valence-electron chi connectivity index (χ4n) is 5.64. The molecule has 1 aromatic heterocycles. The van der Waals surface area contributed by atoms with Crippen molar-refractivity contribution in [1.29, 1.82) is 0 Å². The molecule has 1 N–H and O–H groups in total. The van der Waals surface area contributed by atoms with E-state index < -0.39 is 0 Å². The lowest BCUT2D eigenvalue weighted by molar-refractivity contribution is -0.134. The van der Waals surface area contributed by atoms with E-state index in [4.69, 9.17) is 9.15 Å². The zero-order valence-corrected chi connectivity index (χ0v) is 22.0. The maximum atomic E-state index is 13.7. The molecule has 1 aliphatic carbocycles. The molecule has 0 unspecified atom stereocenters. The van der Waals surface area contributed by atoms with E-state index in [1.807, 2.05) is 23.1 Å². The highest BCUT2D eigenvalue weighted by atomic mass is 19.1. The Morgan fingerprint density at radius 1 is 1.00 bits per heavy atom. The highest BCUT2D eigenvalue weighted by Gasteiger charge is 2.39. The molecule has 2 fully saturated rings. The molecule has 0 spiro atoms. The molecule has 204 valence electrons. The highest BCUT2D eigenvalue weighted by molar-refractivity contribution is 5.91. The molecule has 3 aliphatic rings. The average Bonchev–Trinajstić information content (AvgIpc) is 3.46. The van der Waals surface area contributed by atoms with Crippen molar-refractivity contribution >= 4 is 11.8 Å². The zero-order chi connectivity index (χ0) is 26.8. The summed E-state index contributed by atoms with van der Waals surface area (Å²) in [6.07, 6.45) is 5.08. The van der Waals surface area contributed by atoms with Crippen molar-refractivity contribution in [3.05, 3.63) is 88.6 Å². The van der Waals surface area contributed by atoms with Crippen LogP contribution in [-0.4, -0.2) is 54.3 Å². The Morgan fingerprint density at radius 3 is 2.56 bits per heavy atom. The fraction of sp³-hybridized carbons (Fsp3) is 0.419. The van der Waals surface area contributed by atoms with E-state index in [0.717, 1.165) is 55.6 Å². The van der Waals surface area contributed by atoms with Gasteiger partial charge in [-0.2, -0.15) is 0 Å². The van der Waals surface area contributed by atoms with Crippen LogP contribution in [0.15, 0.2) is 59.0 Å². The third-order valence-electron chi connectivity index (χ3n) is 7.92. The maximum absolute atomic E-state index is 13.7. The van der Waals surface area contributed by atoms with Crippen LogP contribution in [0.25, 0.3) is 0 Å². The van der Waals surface area contributed by atoms with Crippen molar-refractivity contribution in [2.75, 3.05) is 32.7 Å². The number of rotatable bonds is 9. The lowest BCUT2D eigenvalue weighted by atomic mass is 9.87. The smallest absolute Gasteiger partial charge is 0.287 e. The molecule has 7 nitrogen and oxygen atoms in total. The van der Waals surface area contributed by atoms with Gasteiger partial charge in [0.25, 0.3) is 5.91 Å². The number of halogens is 1. The van der Waals surface area contributed by atoms with E-state index in [0.29, 0.717) is 24.6 Å². The van der Waals surface area contributed by atoms with Gasteiger partial charge in [0.1, 0.15) is 23.9 Å². The summed E-state index contributed by atoms with van der Waals surface area (Å²) in [6, 6.07) is 15.5. The van der Waals surface area contributed by atoms with Gasteiger partial charge >= 0.3 is 0 Å². The van der Waals surface area contributed by atoms with E-state index >= 15 is 0 Å². The van der Waals surface area contributed by atoms with Crippen molar-refractivity contribution in [2.45, 2.75) is 44.8 Å². The minimum Gasteiger partial charge on any atom is -0.486 e. The molecule has 2 aliphatic heterocycles. The van der Waals surface area contributed by atoms with Crippen molar-refractivity contribution in [1.82, 2.24) is 15.1 Å². The third kappa shape index (κ3) is 5.86. The summed E-state index contributed by atoms with van der Waals surface area (Å²) in [4.78, 5) is 29.9. The van der Waals surface area contributed by atoms with Crippen LogP contribution in [0.4, 0.5) is 4.39 Å². The Bertz CT molecular complexity index is 1330. The number of benzene rings is 2. The van der Waals surface area contributed by atoms with Crippen LogP contribution >= 0.6 is 0 Å². The SMILES string of the molecule is O=C(NCCN1CCCC1)c1ccc(COc2ccc3c(c2)[C@@H](c2ccc(F)cc2)N(C(=O)C2CC2)CC3)o1. The zero-order valence-electron chi connectivity index (χ0n) is 22.0. The number of hydrogen-bond donors (Lipinski definition) is 1. The second kappa shape index (κ2) is 11.2. The number of fused-ring (bicyclic) bond motifs is 1. The summed E-state index contributed by atoms with van der Waals surface area (Å²) in [5.74, 6) is 1.21. The first-order valence-corrected chi connectivity index (χ1v) is 14.0. The van der Waals surface area contributed by atoms with Gasteiger partial charge in [-0.1, -0.05) is 18.2 Å². The van der Waals surface area contributed by atoms with Gasteiger partial charge in [-0.15, -0.1) is 0 Å². The molecular weight excluding hydrogens is 497 g/mol. The van der Waals surface area contributed by atoms with E-state index in [2.05, 4.69) is 10.2 Å². The van der Waals surface area contributed by atoms with Crippen LogP contribution in [0.2, 0.25) is 0 Å². The molecule has 8 heteroatoms. The molecule has 1 saturated heterocycles. The summed E-state index contributed by atoms with van der Waals surface area (Å²) in [5.41, 5.74) is 3.04. The largest absolute Gasteiger partial charge is 0.486 e. The number of furan rings is 1. The first kappa shape index (κ1) is 25.6. The monoisotopic (exact) mass is 531 g/mol. The Balaban J connectivity index is 1.13. The van der Waals surface area contributed by atoms with Crippen LogP contribution in [0.5, 0.6) is 5.75 Å². The lowest BCUT2D eigenvalue weighted by Gasteiger charge is -2.38. The van der Waals surface area contributed by atoms with Crippen molar-refractivity contribution in [2.24, 2.45) is 5.92 Å². The van der Waals surface area contributed by atoms with Crippen molar-refractivity contribution in [3.63, 3.8) is 0 Å². The van der Waals surface area contributed by atoms with E-state index in [9.17, 15) is 14.0 Å². The lowest BCUT2D eigenvalue weighted by Crippen LogP contribution is -2.41. The summed E-state index contributed by atoms with van der Waals surface area (Å²) in [6.45, 7) is 4.45. The Morgan fingerprint density at radius 2 is 1.79 bits per heavy atom. The predicted octanol–water partition coefficient (Wildman–Crippen LogP) is 4.71. The topological polar surface area (TPSA) is 75.0 Å². The number of carbonyl (C=O) groups excluding carboxylic acids is 2. The fourth-order valence-corrected chi connectivity index (χ4v) is 5.64. The molecule has 3 heterocycles. The number of carbonyl (C=O) groups is 2. The van der Waals surface area contributed by atoms with Crippen LogP contribution in [-0.2, 0) is 17.8 Å². The molecule has 6 rings (SSSR count). The number of ether oxygens (including phenoxy) is 1. The van der Waals surface area contributed by atoms with Gasteiger partial charge in [0.2, 0.25) is 5.91 Å². The van der Waals surface area contributed by atoms with Gasteiger partial charge in [-0.25, -0.2) is 4.39 Å². The van der Waals surface area contributed by atoms with E-state index in [1.54, 1.807) is 24.3 Å². The Labute approximate surface area is 227 Å². The van der Waals surface area contributed by atoms with Gasteiger partial charge in [0.15, 0.2) is 5.76 Å². The molecule has 2 amide bonds. The first-order chi connectivity index (χ1) is 19.0. The Kier molecular flexibility index (Phi) is 7.37.